The highest BCUT2D eigenvalue weighted by atomic mass is 32.1. The molecule has 6 heteroatoms. The minimum absolute atomic E-state index is 0.0579. The highest BCUT2D eigenvalue weighted by Crippen LogP contribution is 2.39. The van der Waals surface area contributed by atoms with Crippen molar-refractivity contribution >= 4 is 17.3 Å². The van der Waals surface area contributed by atoms with E-state index in [1.807, 2.05) is 25.4 Å². The molecule has 0 spiro atoms. The van der Waals surface area contributed by atoms with Crippen LogP contribution in [0, 0.1) is 0 Å². The number of hydrogen-bond acceptors (Lipinski definition) is 3. The Hall–Kier alpha value is -1.92. The van der Waals surface area contributed by atoms with E-state index in [9.17, 15) is 0 Å². The van der Waals surface area contributed by atoms with Gasteiger partial charge in [-0.1, -0.05) is 6.07 Å². The standard InChI is InChI=1S/C18H22N4OS/c1-21-9-7-13(11-21)17-16(15-6-2-3-8-19-15)20-18(24)22(17)12-14-5-4-10-23-14/h2-3,6-9,11,14,16-17H,4-5,10,12H2,1H3,(H,20,24)/t14-,16+,17-/m0/s1. The highest BCUT2D eigenvalue weighted by molar-refractivity contribution is 7.80. The molecule has 0 radical (unpaired) electrons. The monoisotopic (exact) mass is 342 g/mol. The Morgan fingerprint density at radius 3 is 2.96 bits per heavy atom. The molecule has 24 heavy (non-hydrogen) atoms. The third kappa shape index (κ3) is 2.91. The van der Waals surface area contributed by atoms with Gasteiger partial charge in [0, 0.05) is 38.8 Å². The van der Waals surface area contributed by atoms with Crippen LogP contribution in [0.2, 0.25) is 0 Å². The van der Waals surface area contributed by atoms with Crippen LogP contribution in [-0.4, -0.2) is 38.8 Å². The highest BCUT2D eigenvalue weighted by Gasteiger charge is 2.41. The minimum Gasteiger partial charge on any atom is -0.376 e. The van der Waals surface area contributed by atoms with Crippen molar-refractivity contribution in [3.8, 4) is 0 Å². The SMILES string of the molecule is Cn1ccc([C@H]2[C@@H](c3ccccn3)NC(=S)N2C[C@@H]2CCCO2)c1. The van der Waals surface area contributed by atoms with Gasteiger partial charge >= 0.3 is 0 Å². The summed E-state index contributed by atoms with van der Waals surface area (Å²) in [4.78, 5) is 6.83. The van der Waals surface area contributed by atoms with Crippen molar-refractivity contribution in [1.29, 1.82) is 0 Å². The fourth-order valence-corrected chi connectivity index (χ4v) is 3.99. The number of thiocarbonyl (C=S) groups is 1. The Kier molecular flexibility index (Phi) is 4.24. The second kappa shape index (κ2) is 6.53. The lowest BCUT2D eigenvalue weighted by atomic mass is 9.99. The maximum absolute atomic E-state index is 5.84. The van der Waals surface area contributed by atoms with Gasteiger partial charge in [0.2, 0.25) is 0 Å². The molecular formula is C18H22N4OS. The van der Waals surface area contributed by atoms with Crippen molar-refractivity contribution < 1.29 is 4.74 Å². The second-order valence-corrected chi connectivity index (χ2v) is 6.91. The van der Waals surface area contributed by atoms with Crippen LogP contribution in [0.1, 0.15) is 36.2 Å². The molecule has 3 atom stereocenters. The van der Waals surface area contributed by atoms with Crippen LogP contribution in [0.5, 0.6) is 0 Å². The van der Waals surface area contributed by atoms with Gasteiger partial charge < -0.3 is 19.5 Å². The Bertz CT molecular complexity index is 711. The van der Waals surface area contributed by atoms with Crippen LogP contribution in [-0.2, 0) is 11.8 Å². The number of pyridine rings is 1. The van der Waals surface area contributed by atoms with E-state index in [0.717, 1.165) is 36.8 Å². The largest absolute Gasteiger partial charge is 0.376 e. The lowest BCUT2D eigenvalue weighted by Gasteiger charge is -2.29. The molecule has 0 bridgehead atoms. The normalized spacial score (nSPS) is 26.8. The molecule has 5 nitrogen and oxygen atoms in total. The van der Waals surface area contributed by atoms with Crippen LogP contribution < -0.4 is 5.32 Å². The maximum Gasteiger partial charge on any atom is 0.170 e. The van der Waals surface area contributed by atoms with Crippen molar-refractivity contribution in [3.05, 3.63) is 54.1 Å². The van der Waals surface area contributed by atoms with Gasteiger partial charge in [-0.25, -0.2) is 0 Å². The van der Waals surface area contributed by atoms with Crippen molar-refractivity contribution in [2.24, 2.45) is 7.05 Å². The van der Waals surface area contributed by atoms with Crippen LogP contribution in [0.15, 0.2) is 42.9 Å². The smallest absolute Gasteiger partial charge is 0.170 e. The van der Waals surface area contributed by atoms with E-state index in [2.05, 4.69) is 44.3 Å². The van der Waals surface area contributed by atoms with Crippen LogP contribution in [0.3, 0.4) is 0 Å². The average Bonchev–Trinajstić information content (AvgIpc) is 3.31. The third-order valence-corrected chi connectivity index (χ3v) is 5.17. The Balaban J connectivity index is 1.67. The van der Waals surface area contributed by atoms with Crippen molar-refractivity contribution in [1.82, 2.24) is 19.8 Å². The van der Waals surface area contributed by atoms with E-state index in [1.165, 1.54) is 5.56 Å². The van der Waals surface area contributed by atoms with Gasteiger partial charge in [0.05, 0.1) is 23.9 Å². The summed E-state index contributed by atoms with van der Waals surface area (Å²) < 4.78 is 7.92. The van der Waals surface area contributed by atoms with E-state index in [-0.39, 0.29) is 18.2 Å². The van der Waals surface area contributed by atoms with Gasteiger partial charge in [-0.3, -0.25) is 4.98 Å². The van der Waals surface area contributed by atoms with Crippen LogP contribution >= 0.6 is 12.2 Å². The average molecular weight is 342 g/mol. The molecule has 0 aromatic carbocycles. The molecule has 2 aliphatic heterocycles. The molecule has 2 saturated heterocycles. The summed E-state index contributed by atoms with van der Waals surface area (Å²) in [5.41, 5.74) is 2.27. The fourth-order valence-electron chi connectivity index (χ4n) is 3.67. The number of hydrogen-bond donors (Lipinski definition) is 1. The van der Waals surface area contributed by atoms with E-state index in [4.69, 9.17) is 17.0 Å². The van der Waals surface area contributed by atoms with Gasteiger partial charge in [-0.2, -0.15) is 0 Å². The first-order valence-electron chi connectivity index (χ1n) is 8.44. The molecule has 2 aromatic heterocycles. The summed E-state index contributed by atoms with van der Waals surface area (Å²) in [7, 11) is 2.05. The summed E-state index contributed by atoms with van der Waals surface area (Å²) in [6.45, 7) is 1.69. The first kappa shape index (κ1) is 15.6. The quantitative estimate of drug-likeness (QED) is 0.865. The molecule has 4 heterocycles. The van der Waals surface area contributed by atoms with E-state index in [1.54, 1.807) is 0 Å². The van der Waals surface area contributed by atoms with Crippen LogP contribution in [0.4, 0.5) is 0 Å². The van der Waals surface area contributed by atoms with Gasteiger partial charge in [-0.05, 0) is 48.8 Å². The molecular weight excluding hydrogens is 320 g/mol. The summed E-state index contributed by atoms with van der Waals surface area (Å²) in [5, 5.41) is 4.27. The molecule has 0 unspecified atom stereocenters. The molecule has 2 aliphatic rings. The van der Waals surface area contributed by atoms with Crippen molar-refractivity contribution in [3.63, 3.8) is 0 Å². The van der Waals surface area contributed by atoms with Gasteiger partial charge in [0.1, 0.15) is 0 Å². The lowest BCUT2D eigenvalue weighted by Crippen LogP contribution is -2.36. The molecule has 2 aromatic rings. The summed E-state index contributed by atoms with van der Waals surface area (Å²) in [5.74, 6) is 0. The van der Waals surface area contributed by atoms with Gasteiger partial charge in [-0.15, -0.1) is 0 Å². The third-order valence-electron chi connectivity index (χ3n) is 4.82. The topological polar surface area (TPSA) is 42.3 Å². The zero-order valence-corrected chi connectivity index (χ0v) is 14.6. The van der Waals surface area contributed by atoms with Crippen molar-refractivity contribution in [2.75, 3.05) is 13.2 Å². The number of nitrogens with zero attached hydrogens (tertiary/aromatic N) is 3. The fraction of sp³-hybridized carbons (Fsp3) is 0.444. The summed E-state index contributed by atoms with van der Waals surface area (Å²) in [6.07, 6.45) is 8.59. The van der Waals surface area contributed by atoms with Crippen molar-refractivity contribution in [2.45, 2.75) is 31.0 Å². The second-order valence-electron chi connectivity index (χ2n) is 6.52. The van der Waals surface area contributed by atoms with E-state index >= 15 is 0 Å². The Labute approximate surface area is 147 Å². The number of aromatic nitrogens is 2. The predicted octanol–water partition coefficient (Wildman–Crippen LogP) is 2.57. The van der Waals surface area contributed by atoms with Gasteiger partial charge in [0.15, 0.2) is 5.11 Å². The number of rotatable bonds is 4. The zero-order valence-electron chi connectivity index (χ0n) is 13.8. The number of nitrogens with one attached hydrogen (secondary N) is 1. The number of aryl methyl sites for hydroxylation is 1. The molecule has 2 fully saturated rings. The minimum atomic E-state index is 0.0579. The molecule has 1 N–H and O–H groups in total. The lowest BCUT2D eigenvalue weighted by molar-refractivity contribution is 0.0842. The first-order valence-corrected chi connectivity index (χ1v) is 8.85. The molecule has 0 saturated carbocycles. The molecule has 4 rings (SSSR count). The van der Waals surface area contributed by atoms with E-state index < -0.39 is 0 Å². The number of ether oxygens (including phenoxy) is 1. The molecule has 0 amide bonds. The summed E-state index contributed by atoms with van der Waals surface area (Å²) in [6, 6.07) is 8.39. The first-order chi connectivity index (χ1) is 11.7. The molecule has 0 aliphatic carbocycles. The maximum atomic E-state index is 5.84. The van der Waals surface area contributed by atoms with Gasteiger partial charge in [0.25, 0.3) is 0 Å². The Morgan fingerprint density at radius 1 is 1.38 bits per heavy atom. The molecule has 126 valence electrons. The predicted molar refractivity (Wildman–Crippen MR) is 96.5 cm³/mol. The van der Waals surface area contributed by atoms with E-state index in [0.29, 0.717) is 0 Å². The Morgan fingerprint density at radius 2 is 2.29 bits per heavy atom. The zero-order chi connectivity index (χ0) is 16.5. The van der Waals surface area contributed by atoms with Crippen LogP contribution in [0.25, 0.3) is 0 Å². The summed E-state index contributed by atoms with van der Waals surface area (Å²) >= 11 is 5.66.